The number of hydrogen-bond acceptors (Lipinski definition) is 2. The molecule has 0 saturated carbocycles. The molecule has 4 heteroatoms. The van der Waals surface area contributed by atoms with E-state index in [9.17, 15) is 4.79 Å². The van der Waals surface area contributed by atoms with Gasteiger partial charge in [-0.25, -0.2) is 0 Å². The first kappa shape index (κ1) is 12.7. The van der Waals surface area contributed by atoms with Crippen molar-refractivity contribution >= 4 is 50.4 Å². The summed E-state index contributed by atoms with van der Waals surface area (Å²) in [7, 11) is 0. The van der Waals surface area contributed by atoms with Crippen molar-refractivity contribution in [2.24, 2.45) is 0 Å². The fourth-order valence-electron chi connectivity index (χ4n) is 1.91. The van der Waals surface area contributed by atoms with Crippen molar-refractivity contribution < 1.29 is 4.79 Å². The molecule has 0 N–H and O–H groups in total. The van der Waals surface area contributed by atoms with E-state index in [4.69, 9.17) is 23.2 Å². The minimum Gasteiger partial charge on any atom is -0.288 e. The zero-order chi connectivity index (χ0) is 13.4. The third-order valence-electron chi connectivity index (χ3n) is 2.85. The van der Waals surface area contributed by atoms with E-state index in [-0.39, 0.29) is 5.78 Å². The number of carbonyl (C=O) groups excluding carboxylic acids is 1. The Kier molecular flexibility index (Phi) is 3.31. The lowest BCUT2D eigenvalue weighted by atomic mass is 10.1. The van der Waals surface area contributed by atoms with Gasteiger partial charge in [0.25, 0.3) is 0 Å². The highest BCUT2D eigenvalue weighted by molar-refractivity contribution is 7.21. The summed E-state index contributed by atoms with van der Waals surface area (Å²) in [5.74, 6) is -0.0892. The van der Waals surface area contributed by atoms with Gasteiger partial charge < -0.3 is 0 Å². The molecule has 0 spiro atoms. The van der Waals surface area contributed by atoms with E-state index < -0.39 is 0 Å². The topological polar surface area (TPSA) is 17.1 Å². The molecule has 19 heavy (non-hydrogen) atoms. The van der Waals surface area contributed by atoms with Gasteiger partial charge in [-0.2, -0.15) is 0 Å². The van der Waals surface area contributed by atoms with Gasteiger partial charge in [-0.1, -0.05) is 47.5 Å². The van der Waals surface area contributed by atoms with E-state index in [2.05, 4.69) is 0 Å². The minimum atomic E-state index is -0.0892. The molecule has 1 aromatic heterocycles. The Hall–Kier alpha value is -1.35. The first-order valence-electron chi connectivity index (χ1n) is 5.64. The van der Waals surface area contributed by atoms with Gasteiger partial charge in [0.15, 0.2) is 0 Å². The maximum Gasteiger partial charge on any atom is 0.204 e. The standard InChI is InChI=1S/C15H8Cl2OS/c16-11-6-3-5-10(14(11)17)15(18)13-8-9-4-1-2-7-12(9)19-13/h1-8H. The molecular weight excluding hydrogens is 299 g/mol. The van der Waals surface area contributed by atoms with E-state index in [1.807, 2.05) is 30.3 Å². The number of fused-ring (bicyclic) bond motifs is 1. The van der Waals surface area contributed by atoms with Crippen LogP contribution < -0.4 is 0 Å². The second-order valence-corrected chi connectivity index (χ2v) is 5.95. The van der Waals surface area contributed by atoms with Crippen molar-refractivity contribution in [3.63, 3.8) is 0 Å². The third-order valence-corrected chi connectivity index (χ3v) is 4.78. The van der Waals surface area contributed by atoms with E-state index in [1.54, 1.807) is 18.2 Å². The molecule has 3 aromatic rings. The second-order valence-electron chi connectivity index (χ2n) is 4.08. The summed E-state index contributed by atoms with van der Waals surface area (Å²) >= 11 is 13.5. The van der Waals surface area contributed by atoms with Crippen LogP contribution >= 0.6 is 34.5 Å². The van der Waals surface area contributed by atoms with E-state index in [1.165, 1.54) is 11.3 Å². The molecule has 2 aromatic carbocycles. The number of halogens is 2. The fourth-order valence-corrected chi connectivity index (χ4v) is 3.31. The minimum absolute atomic E-state index is 0.0892. The van der Waals surface area contributed by atoms with Crippen molar-refractivity contribution in [2.45, 2.75) is 0 Å². The summed E-state index contributed by atoms with van der Waals surface area (Å²) in [5, 5.41) is 1.77. The molecule has 1 nitrogen and oxygen atoms in total. The number of carbonyl (C=O) groups is 1. The highest BCUT2D eigenvalue weighted by atomic mass is 35.5. The van der Waals surface area contributed by atoms with Crippen LogP contribution in [0.25, 0.3) is 10.1 Å². The van der Waals surface area contributed by atoms with Crippen LogP contribution in [0.15, 0.2) is 48.5 Å². The second kappa shape index (κ2) is 4.97. The number of rotatable bonds is 2. The molecule has 0 amide bonds. The summed E-state index contributed by atoms with van der Waals surface area (Å²) in [6.07, 6.45) is 0. The third kappa shape index (κ3) is 2.27. The number of hydrogen-bond donors (Lipinski definition) is 0. The SMILES string of the molecule is O=C(c1cc2ccccc2s1)c1cccc(Cl)c1Cl. The first-order valence-corrected chi connectivity index (χ1v) is 7.21. The Balaban J connectivity index is 2.11. The number of benzene rings is 2. The Morgan fingerprint density at radius 3 is 2.58 bits per heavy atom. The molecule has 0 bridgehead atoms. The first-order chi connectivity index (χ1) is 9.16. The summed E-state index contributed by atoms with van der Waals surface area (Å²) in [4.78, 5) is 13.1. The lowest BCUT2D eigenvalue weighted by molar-refractivity contribution is 0.104. The van der Waals surface area contributed by atoms with Gasteiger partial charge in [-0.15, -0.1) is 11.3 Å². The van der Waals surface area contributed by atoms with Gasteiger partial charge in [-0.3, -0.25) is 4.79 Å². The van der Waals surface area contributed by atoms with Crippen LogP contribution in [0, 0.1) is 0 Å². The van der Waals surface area contributed by atoms with Gasteiger partial charge in [0, 0.05) is 10.3 Å². The molecular formula is C15H8Cl2OS. The van der Waals surface area contributed by atoms with Crippen LogP contribution in [0.4, 0.5) is 0 Å². The average Bonchev–Trinajstić information content (AvgIpc) is 2.85. The van der Waals surface area contributed by atoms with Gasteiger partial charge in [0.1, 0.15) is 0 Å². The zero-order valence-corrected chi connectivity index (χ0v) is 12.0. The lowest BCUT2D eigenvalue weighted by Gasteiger charge is -2.02. The predicted octanol–water partition coefficient (Wildman–Crippen LogP) is 5.44. The fraction of sp³-hybridized carbons (Fsp3) is 0. The van der Waals surface area contributed by atoms with Crippen LogP contribution in [0.1, 0.15) is 15.2 Å². The largest absolute Gasteiger partial charge is 0.288 e. The van der Waals surface area contributed by atoms with Crippen LogP contribution in [0.5, 0.6) is 0 Å². The summed E-state index contributed by atoms with van der Waals surface area (Å²) in [5.41, 5.74) is 0.445. The van der Waals surface area contributed by atoms with E-state index in [0.717, 1.165) is 10.1 Å². The molecule has 0 unspecified atom stereocenters. The van der Waals surface area contributed by atoms with E-state index in [0.29, 0.717) is 20.5 Å². The molecule has 0 saturated heterocycles. The highest BCUT2D eigenvalue weighted by Gasteiger charge is 2.16. The van der Waals surface area contributed by atoms with Crippen LogP contribution in [0.3, 0.4) is 0 Å². The van der Waals surface area contributed by atoms with Gasteiger partial charge in [-0.05, 0) is 29.7 Å². The highest BCUT2D eigenvalue weighted by Crippen LogP contribution is 2.31. The molecule has 0 fully saturated rings. The summed E-state index contributed by atoms with van der Waals surface area (Å²) < 4.78 is 1.09. The molecule has 94 valence electrons. The zero-order valence-electron chi connectivity index (χ0n) is 9.69. The van der Waals surface area contributed by atoms with Crippen LogP contribution in [-0.2, 0) is 0 Å². The number of ketones is 1. The Morgan fingerprint density at radius 2 is 1.79 bits per heavy atom. The molecule has 0 aliphatic heterocycles. The average molecular weight is 307 g/mol. The number of thiophene rings is 1. The maximum absolute atomic E-state index is 12.5. The maximum atomic E-state index is 12.5. The van der Waals surface area contributed by atoms with Crippen molar-refractivity contribution in [3.05, 3.63) is 69.0 Å². The van der Waals surface area contributed by atoms with Crippen LogP contribution in [-0.4, -0.2) is 5.78 Å². The Morgan fingerprint density at radius 1 is 1.00 bits per heavy atom. The molecule has 0 atom stereocenters. The van der Waals surface area contributed by atoms with Gasteiger partial charge >= 0.3 is 0 Å². The molecule has 1 heterocycles. The van der Waals surface area contributed by atoms with Crippen molar-refractivity contribution in [1.29, 1.82) is 0 Å². The lowest BCUT2D eigenvalue weighted by Crippen LogP contribution is -1.99. The summed E-state index contributed by atoms with van der Waals surface area (Å²) in [6, 6.07) is 14.9. The molecule has 0 radical (unpaired) electrons. The smallest absolute Gasteiger partial charge is 0.204 e. The molecule has 3 rings (SSSR count). The van der Waals surface area contributed by atoms with Crippen molar-refractivity contribution in [3.8, 4) is 0 Å². The van der Waals surface area contributed by atoms with E-state index >= 15 is 0 Å². The molecule has 0 aliphatic rings. The Bertz CT molecular complexity index is 744. The van der Waals surface area contributed by atoms with Crippen molar-refractivity contribution in [2.75, 3.05) is 0 Å². The summed E-state index contributed by atoms with van der Waals surface area (Å²) in [6.45, 7) is 0. The van der Waals surface area contributed by atoms with Crippen LogP contribution in [0.2, 0.25) is 10.0 Å². The Labute approximate surface area is 124 Å². The monoisotopic (exact) mass is 306 g/mol. The normalized spacial score (nSPS) is 10.8. The van der Waals surface area contributed by atoms with Crippen molar-refractivity contribution in [1.82, 2.24) is 0 Å². The predicted molar refractivity (Wildman–Crippen MR) is 81.7 cm³/mol. The van der Waals surface area contributed by atoms with Gasteiger partial charge in [0.2, 0.25) is 5.78 Å². The molecule has 0 aliphatic carbocycles. The quantitative estimate of drug-likeness (QED) is 0.576. The van der Waals surface area contributed by atoms with Gasteiger partial charge in [0.05, 0.1) is 14.9 Å².